The summed E-state index contributed by atoms with van der Waals surface area (Å²) in [6.45, 7) is 4.73. The maximum absolute atomic E-state index is 11.3. The molecule has 0 amide bonds. The molecule has 0 radical (unpaired) electrons. The Morgan fingerprint density at radius 2 is 2.20 bits per heavy atom. The number of aryl methyl sites for hydroxylation is 1. The molecule has 20 heavy (non-hydrogen) atoms. The van der Waals surface area contributed by atoms with Crippen LogP contribution in [0.3, 0.4) is 0 Å². The molecule has 1 aromatic carbocycles. The third-order valence-corrected chi connectivity index (χ3v) is 3.20. The summed E-state index contributed by atoms with van der Waals surface area (Å²) in [5, 5.41) is 3.37. The third kappa shape index (κ3) is 3.48. The normalized spacial score (nSPS) is 12.2. The fourth-order valence-corrected chi connectivity index (χ4v) is 2.01. The Bertz CT molecular complexity index is 589. The number of rotatable bonds is 5. The molecule has 106 valence electrons. The highest BCUT2D eigenvalue weighted by Gasteiger charge is 2.11. The number of carbonyl (C=O) groups is 1. The molecule has 0 aliphatic rings. The van der Waals surface area contributed by atoms with Gasteiger partial charge in [0.05, 0.1) is 19.2 Å². The molecule has 0 spiro atoms. The molecule has 0 aliphatic heterocycles. The number of carbonyl (C=O) groups excluding carboxylic acids is 1. The van der Waals surface area contributed by atoms with Crippen LogP contribution in [0.5, 0.6) is 0 Å². The van der Waals surface area contributed by atoms with Gasteiger partial charge in [0.2, 0.25) is 0 Å². The Morgan fingerprint density at radius 3 is 2.90 bits per heavy atom. The van der Waals surface area contributed by atoms with E-state index in [2.05, 4.69) is 42.1 Å². The molecule has 0 bridgehead atoms. The zero-order valence-corrected chi connectivity index (χ0v) is 12.0. The highest BCUT2D eigenvalue weighted by atomic mass is 16.5. The van der Waals surface area contributed by atoms with E-state index < -0.39 is 0 Å². The van der Waals surface area contributed by atoms with Gasteiger partial charge in [0.25, 0.3) is 0 Å². The van der Waals surface area contributed by atoms with Crippen LogP contribution in [0.2, 0.25) is 0 Å². The van der Waals surface area contributed by atoms with Crippen LogP contribution in [0, 0.1) is 6.92 Å². The number of furan rings is 1. The van der Waals surface area contributed by atoms with E-state index in [-0.39, 0.29) is 12.0 Å². The third-order valence-electron chi connectivity index (χ3n) is 3.20. The van der Waals surface area contributed by atoms with Crippen molar-refractivity contribution in [3.05, 3.63) is 59.0 Å². The predicted molar refractivity (Wildman–Crippen MR) is 76.5 cm³/mol. The quantitative estimate of drug-likeness (QED) is 0.850. The average molecular weight is 273 g/mol. The number of hydrogen-bond acceptors (Lipinski definition) is 4. The Hall–Kier alpha value is -2.07. The van der Waals surface area contributed by atoms with E-state index in [1.165, 1.54) is 24.5 Å². The van der Waals surface area contributed by atoms with E-state index in [9.17, 15) is 4.79 Å². The van der Waals surface area contributed by atoms with Crippen LogP contribution in [0.15, 0.2) is 41.0 Å². The Balaban J connectivity index is 1.95. The molecule has 2 aromatic rings. The molecule has 0 aliphatic carbocycles. The zero-order valence-electron chi connectivity index (χ0n) is 12.0. The summed E-state index contributed by atoms with van der Waals surface area (Å²) < 4.78 is 9.97. The monoisotopic (exact) mass is 273 g/mol. The summed E-state index contributed by atoms with van der Waals surface area (Å²) in [4.78, 5) is 11.3. The van der Waals surface area contributed by atoms with Crippen LogP contribution in [0.1, 0.15) is 40.2 Å². The minimum absolute atomic E-state index is 0.210. The van der Waals surface area contributed by atoms with Gasteiger partial charge in [0.1, 0.15) is 12.0 Å². The van der Waals surface area contributed by atoms with Crippen molar-refractivity contribution in [3.8, 4) is 0 Å². The van der Waals surface area contributed by atoms with Gasteiger partial charge in [-0.15, -0.1) is 0 Å². The second-order valence-electron chi connectivity index (χ2n) is 4.81. The number of nitrogens with one attached hydrogen (secondary N) is 1. The molecule has 4 heteroatoms. The van der Waals surface area contributed by atoms with Crippen molar-refractivity contribution in [1.29, 1.82) is 0 Å². The van der Waals surface area contributed by atoms with Crippen molar-refractivity contribution in [2.24, 2.45) is 0 Å². The second-order valence-corrected chi connectivity index (χ2v) is 4.81. The van der Waals surface area contributed by atoms with Gasteiger partial charge in [-0.25, -0.2) is 4.79 Å². The summed E-state index contributed by atoms with van der Waals surface area (Å²) in [5.41, 5.74) is 2.90. The fraction of sp³-hybridized carbons (Fsp3) is 0.312. The summed E-state index contributed by atoms with van der Waals surface area (Å²) >= 11 is 0. The molecule has 1 atom stereocenters. The first kappa shape index (κ1) is 14.3. The topological polar surface area (TPSA) is 51.5 Å². The predicted octanol–water partition coefficient (Wildman–Crippen LogP) is 3.23. The van der Waals surface area contributed by atoms with Gasteiger partial charge in [-0.3, -0.25) is 0 Å². The maximum Gasteiger partial charge on any atom is 0.341 e. The van der Waals surface area contributed by atoms with E-state index in [1.807, 2.05) is 6.07 Å². The molecule has 2 rings (SSSR count). The van der Waals surface area contributed by atoms with Gasteiger partial charge in [-0.05, 0) is 25.5 Å². The molecule has 0 unspecified atom stereocenters. The van der Waals surface area contributed by atoms with Crippen LogP contribution in [-0.4, -0.2) is 13.1 Å². The number of esters is 1. The van der Waals surface area contributed by atoms with Crippen molar-refractivity contribution < 1.29 is 13.9 Å². The van der Waals surface area contributed by atoms with E-state index in [1.54, 1.807) is 6.07 Å². The molecule has 4 nitrogen and oxygen atoms in total. The van der Waals surface area contributed by atoms with Gasteiger partial charge in [0.15, 0.2) is 0 Å². The standard InChI is InChI=1S/C16H19NO3/c1-11-5-4-6-13(7-11)12(2)17-9-15-8-14(10-20-15)16(18)19-3/h4-8,10,12,17H,9H2,1-3H3/t12-/m1/s1. The Kier molecular flexibility index (Phi) is 4.58. The number of hydrogen-bond donors (Lipinski definition) is 1. The van der Waals surface area contributed by atoms with Crippen molar-refractivity contribution in [2.45, 2.75) is 26.4 Å². The number of methoxy groups -OCH3 is 1. The minimum Gasteiger partial charge on any atom is -0.467 e. The van der Waals surface area contributed by atoms with Gasteiger partial charge in [0, 0.05) is 6.04 Å². The number of ether oxygens (including phenoxy) is 1. The lowest BCUT2D eigenvalue weighted by molar-refractivity contribution is 0.0600. The lowest BCUT2D eigenvalue weighted by atomic mass is 10.1. The second kappa shape index (κ2) is 6.39. The van der Waals surface area contributed by atoms with Crippen molar-refractivity contribution in [2.75, 3.05) is 7.11 Å². The largest absolute Gasteiger partial charge is 0.467 e. The minimum atomic E-state index is -0.383. The lowest BCUT2D eigenvalue weighted by Gasteiger charge is -2.13. The molecule has 0 saturated heterocycles. The Labute approximate surface area is 118 Å². The van der Waals surface area contributed by atoms with Gasteiger partial charge in [-0.1, -0.05) is 29.8 Å². The van der Waals surface area contributed by atoms with Gasteiger partial charge < -0.3 is 14.5 Å². The average Bonchev–Trinajstić information content (AvgIpc) is 2.92. The van der Waals surface area contributed by atoms with Crippen LogP contribution in [0.25, 0.3) is 0 Å². The first-order chi connectivity index (χ1) is 9.60. The summed E-state index contributed by atoms with van der Waals surface area (Å²) in [7, 11) is 1.35. The highest BCUT2D eigenvalue weighted by Crippen LogP contribution is 2.15. The van der Waals surface area contributed by atoms with E-state index >= 15 is 0 Å². The van der Waals surface area contributed by atoms with Crippen LogP contribution in [-0.2, 0) is 11.3 Å². The molecular formula is C16H19NO3. The summed E-state index contributed by atoms with van der Waals surface area (Å²) in [6, 6.07) is 10.3. The molecule has 0 fully saturated rings. The number of benzene rings is 1. The zero-order chi connectivity index (χ0) is 14.5. The molecular weight excluding hydrogens is 254 g/mol. The van der Waals surface area contributed by atoms with E-state index in [4.69, 9.17) is 4.42 Å². The van der Waals surface area contributed by atoms with E-state index in [0.717, 1.165) is 0 Å². The molecule has 0 saturated carbocycles. The molecule has 1 heterocycles. The lowest BCUT2D eigenvalue weighted by Crippen LogP contribution is -2.17. The molecule has 1 aromatic heterocycles. The fourth-order valence-electron chi connectivity index (χ4n) is 2.01. The Morgan fingerprint density at radius 1 is 1.40 bits per heavy atom. The van der Waals surface area contributed by atoms with Gasteiger partial charge in [-0.2, -0.15) is 0 Å². The highest BCUT2D eigenvalue weighted by molar-refractivity contribution is 5.88. The smallest absolute Gasteiger partial charge is 0.341 e. The van der Waals surface area contributed by atoms with Crippen LogP contribution >= 0.6 is 0 Å². The van der Waals surface area contributed by atoms with Crippen molar-refractivity contribution in [1.82, 2.24) is 5.32 Å². The summed E-state index contributed by atoms with van der Waals surface area (Å²) in [5.74, 6) is 0.330. The van der Waals surface area contributed by atoms with Crippen LogP contribution in [0.4, 0.5) is 0 Å². The maximum atomic E-state index is 11.3. The van der Waals surface area contributed by atoms with Gasteiger partial charge >= 0.3 is 5.97 Å². The van der Waals surface area contributed by atoms with Crippen molar-refractivity contribution in [3.63, 3.8) is 0 Å². The first-order valence-corrected chi connectivity index (χ1v) is 6.56. The summed E-state index contributed by atoms with van der Waals surface area (Å²) in [6.07, 6.45) is 1.42. The van der Waals surface area contributed by atoms with E-state index in [0.29, 0.717) is 17.9 Å². The molecule has 1 N–H and O–H groups in total. The first-order valence-electron chi connectivity index (χ1n) is 6.56. The van der Waals surface area contributed by atoms with Crippen LogP contribution < -0.4 is 5.32 Å². The van der Waals surface area contributed by atoms with Crippen molar-refractivity contribution >= 4 is 5.97 Å². The SMILES string of the molecule is COC(=O)c1coc(CN[C@H](C)c2cccc(C)c2)c1.